The van der Waals surface area contributed by atoms with Crippen LogP contribution in [0.3, 0.4) is 0 Å². The summed E-state index contributed by atoms with van der Waals surface area (Å²) < 4.78 is 10.8. The van der Waals surface area contributed by atoms with E-state index >= 15 is 0 Å². The lowest BCUT2D eigenvalue weighted by Crippen LogP contribution is -2.19. The van der Waals surface area contributed by atoms with Gasteiger partial charge in [-0.15, -0.1) is 0 Å². The van der Waals surface area contributed by atoms with Crippen LogP contribution in [0.1, 0.15) is 75.1 Å². The van der Waals surface area contributed by atoms with Gasteiger partial charge in [0.15, 0.2) is 0 Å². The number of ether oxygens (including phenoxy) is 2. The number of hydrogen-bond acceptors (Lipinski definition) is 4. The molecule has 4 nitrogen and oxygen atoms in total. The first-order valence-corrected chi connectivity index (χ1v) is 8.71. The third kappa shape index (κ3) is 7.16. The summed E-state index contributed by atoms with van der Waals surface area (Å²) in [5.74, 6) is 0.0918. The van der Waals surface area contributed by atoms with Crippen LogP contribution in [0.4, 0.5) is 0 Å². The van der Waals surface area contributed by atoms with Gasteiger partial charge in [0, 0.05) is 0 Å². The molecule has 0 aliphatic carbocycles. The van der Waals surface area contributed by atoms with E-state index < -0.39 is 11.9 Å². The van der Waals surface area contributed by atoms with E-state index in [0.717, 1.165) is 12.8 Å². The second kappa shape index (κ2) is 9.45. The van der Waals surface area contributed by atoms with Crippen molar-refractivity contribution in [1.29, 1.82) is 0 Å². The Morgan fingerprint density at radius 1 is 0.792 bits per heavy atom. The van der Waals surface area contributed by atoms with E-state index in [1.807, 2.05) is 13.8 Å². The van der Waals surface area contributed by atoms with Gasteiger partial charge in [-0.2, -0.15) is 0 Å². The van der Waals surface area contributed by atoms with E-state index in [4.69, 9.17) is 9.47 Å². The molecule has 0 spiro atoms. The van der Waals surface area contributed by atoms with E-state index in [1.165, 1.54) is 6.07 Å². The van der Waals surface area contributed by atoms with E-state index in [2.05, 4.69) is 27.7 Å². The Morgan fingerprint density at radius 2 is 1.17 bits per heavy atom. The van der Waals surface area contributed by atoms with Crippen molar-refractivity contribution in [2.45, 2.75) is 66.6 Å². The summed E-state index contributed by atoms with van der Waals surface area (Å²) in [6.07, 6.45) is 1.30. The number of rotatable bonds is 8. The molecule has 0 aliphatic rings. The average molecular weight is 334 g/mol. The van der Waals surface area contributed by atoms with Gasteiger partial charge in [0.25, 0.3) is 0 Å². The summed E-state index contributed by atoms with van der Waals surface area (Å²) in [7, 11) is 0. The number of benzene rings is 1. The molecule has 0 saturated heterocycles. The summed E-state index contributed by atoms with van der Waals surface area (Å²) in [6.45, 7) is 12.1. The lowest BCUT2D eigenvalue weighted by atomic mass is 10.1. The lowest BCUT2D eigenvalue weighted by Gasteiger charge is -2.16. The van der Waals surface area contributed by atoms with Gasteiger partial charge in [-0.3, -0.25) is 0 Å². The smallest absolute Gasteiger partial charge is 0.338 e. The third-order valence-electron chi connectivity index (χ3n) is 3.56. The van der Waals surface area contributed by atoms with Crippen molar-refractivity contribution >= 4 is 11.9 Å². The molecule has 0 saturated carbocycles. The maximum absolute atomic E-state index is 12.2. The summed E-state index contributed by atoms with van der Waals surface area (Å²) in [5, 5.41) is 0. The van der Waals surface area contributed by atoms with Crippen LogP contribution in [0.5, 0.6) is 0 Å². The Kier molecular flexibility index (Phi) is 7.96. The molecule has 0 radical (unpaired) electrons. The summed E-state index contributed by atoms with van der Waals surface area (Å²) >= 11 is 0. The molecular formula is C20H30O4. The number of esters is 2. The molecule has 1 rings (SSSR count). The van der Waals surface area contributed by atoms with Gasteiger partial charge < -0.3 is 9.47 Å². The fraction of sp³-hybridized carbons (Fsp3) is 0.600. The molecule has 0 heterocycles. The van der Waals surface area contributed by atoms with Gasteiger partial charge >= 0.3 is 11.9 Å². The van der Waals surface area contributed by atoms with Crippen molar-refractivity contribution in [1.82, 2.24) is 0 Å². The molecule has 0 aliphatic heterocycles. The molecule has 0 fully saturated rings. The first kappa shape index (κ1) is 20.2. The molecule has 134 valence electrons. The van der Waals surface area contributed by atoms with Crippen molar-refractivity contribution in [2.24, 2.45) is 11.8 Å². The highest BCUT2D eigenvalue weighted by atomic mass is 16.5. The molecule has 1 aromatic rings. The molecule has 0 aromatic heterocycles. The molecule has 0 bridgehead atoms. The van der Waals surface area contributed by atoms with Crippen molar-refractivity contribution in [3.05, 3.63) is 35.4 Å². The Balaban J connectivity index is 2.72. The second-order valence-corrected chi connectivity index (χ2v) is 7.27. The van der Waals surface area contributed by atoms with Gasteiger partial charge in [-0.25, -0.2) is 9.59 Å². The Labute approximate surface area is 145 Å². The molecule has 1 aromatic carbocycles. The van der Waals surface area contributed by atoms with Crippen molar-refractivity contribution < 1.29 is 19.1 Å². The van der Waals surface area contributed by atoms with Crippen LogP contribution >= 0.6 is 0 Å². The molecule has 0 N–H and O–H groups in total. The number of carbonyl (C=O) groups is 2. The molecular weight excluding hydrogens is 304 g/mol. The van der Waals surface area contributed by atoms with E-state index in [1.54, 1.807) is 18.2 Å². The zero-order valence-corrected chi connectivity index (χ0v) is 15.7. The first-order chi connectivity index (χ1) is 11.2. The van der Waals surface area contributed by atoms with Gasteiger partial charge in [0.2, 0.25) is 0 Å². The van der Waals surface area contributed by atoms with Crippen LogP contribution in [0.15, 0.2) is 24.3 Å². The fourth-order valence-electron chi connectivity index (χ4n) is 2.70. The van der Waals surface area contributed by atoms with Gasteiger partial charge in [0.1, 0.15) is 0 Å². The van der Waals surface area contributed by atoms with Crippen molar-refractivity contribution in [3.8, 4) is 0 Å². The Morgan fingerprint density at radius 3 is 1.50 bits per heavy atom. The van der Waals surface area contributed by atoms with Crippen molar-refractivity contribution in [2.75, 3.05) is 0 Å². The zero-order chi connectivity index (χ0) is 18.3. The molecule has 0 amide bonds. The highest BCUT2D eigenvalue weighted by Gasteiger charge is 2.17. The maximum Gasteiger partial charge on any atom is 0.338 e. The quantitative estimate of drug-likeness (QED) is 0.636. The Bertz CT molecular complexity index is 503. The summed E-state index contributed by atoms with van der Waals surface area (Å²) in [4.78, 5) is 24.4. The fourth-order valence-corrected chi connectivity index (χ4v) is 2.70. The second-order valence-electron chi connectivity index (χ2n) is 7.27. The van der Waals surface area contributed by atoms with Crippen LogP contribution < -0.4 is 0 Å². The van der Waals surface area contributed by atoms with Crippen LogP contribution in [-0.4, -0.2) is 24.1 Å². The summed E-state index contributed by atoms with van der Waals surface area (Å²) in [6, 6.07) is 6.51. The number of carbonyl (C=O) groups excluding carboxylic acids is 2. The van der Waals surface area contributed by atoms with E-state index in [9.17, 15) is 9.59 Å². The Hall–Kier alpha value is -1.84. The predicted octanol–water partition coefficient (Wildman–Crippen LogP) is 4.87. The lowest BCUT2D eigenvalue weighted by molar-refractivity contribution is 0.0299. The minimum atomic E-state index is -0.409. The molecule has 2 atom stereocenters. The highest BCUT2D eigenvalue weighted by molar-refractivity contribution is 5.95. The average Bonchev–Trinajstić information content (AvgIpc) is 2.45. The highest BCUT2D eigenvalue weighted by Crippen LogP contribution is 2.15. The SMILES string of the molecule is CC(C)CC(C)OC(=O)c1cccc(C(=O)OC(C)CC(C)C)c1. The zero-order valence-electron chi connectivity index (χ0n) is 15.7. The largest absolute Gasteiger partial charge is 0.459 e. The predicted molar refractivity (Wildman–Crippen MR) is 95.1 cm³/mol. The number of hydrogen-bond donors (Lipinski definition) is 0. The molecule has 24 heavy (non-hydrogen) atoms. The minimum absolute atomic E-state index is 0.154. The first-order valence-electron chi connectivity index (χ1n) is 8.71. The van der Waals surface area contributed by atoms with Gasteiger partial charge in [-0.1, -0.05) is 33.8 Å². The van der Waals surface area contributed by atoms with E-state index in [0.29, 0.717) is 23.0 Å². The standard InChI is InChI=1S/C20H30O4/c1-13(2)10-15(5)23-19(21)17-8-7-9-18(12-17)20(22)24-16(6)11-14(3)4/h7-9,12-16H,10-11H2,1-6H3. The topological polar surface area (TPSA) is 52.6 Å². The minimum Gasteiger partial charge on any atom is -0.459 e. The monoisotopic (exact) mass is 334 g/mol. The maximum atomic E-state index is 12.2. The van der Waals surface area contributed by atoms with Crippen LogP contribution in [0.2, 0.25) is 0 Å². The summed E-state index contributed by atoms with van der Waals surface area (Å²) in [5.41, 5.74) is 0.744. The van der Waals surface area contributed by atoms with Crippen LogP contribution in [0.25, 0.3) is 0 Å². The third-order valence-corrected chi connectivity index (χ3v) is 3.56. The molecule has 2 unspecified atom stereocenters. The normalized spacial score (nSPS) is 13.7. The van der Waals surface area contributed by atoms with E-state index in [-0.39, 0.29) is 12.2 Å². The van der Waals surface area contributed by atoms with Crippen molar-refractivity contribution in [3.63, 3.8) is 0 Å². The van der Waals surface area contributed by atoms with Crippen LogP contribution in [0, 0.1) is 11.8 Å². The van der Waals surface area contributed by atoms with Crippen LogP contribution in [-0.2, 0) is 9.47 Å². The molecule has 4 heteroatoms. The van der Waals surface area contributed by atoms with Gasteiger partial charge in [0.05, 0.1) is 23.3 Å². The van der Waals surface area contributed by atoms with Gasteiger partial charge in [-0.05, 0) is 56.7 Å².